The zero-order valence-electron chi connectivity index (χ0n) is 50.1. The monoisotopic (exact) mass is 1260 g/mol. The Hall–Kier alpha value is -12.4. The van der Waals surface area contributed by atoms with Crippen LogP contribution in [0.25, 0.3) is 82.7 Å². The molecule has 0 fully saturated rings. The zero-order valence-corrected chi connectivity index (χ0v) is 51.0. The van der Waals surface area contributed by atoms with E-state index in [1.165, 1.54) is 17.4 Å². The Balaban J connectivity index is 0.000000127. The second-order valence-electron chi connectivity index (χ2n) is 20.4. The summed E-state index contributed by atoms with van der Waals surface area (Å²) in [6.07, 6.45) is 7.76. The van der Waals surface area contributed by atoms with Crippen LogP contribution in [0.15, 0.2) is 177 Å². The van der Waals surface area contributed by atoms with E-state index in [0.29, 0.717) is 73.5 Å². The molecule has 1 amide bonds. The van der Waals surface area contributed by atoms with Gasteiger partial charge in [0.25, 0.3) is 5.91 Å². The average Bonchev–Trinajstić information content (AvgIpc) is 1.90. The Kier molecular flexibility index (Phi) is 16.9. The van der Waals surface area contributed by atoms with E-state index in [4.69, 9.17) is 44.0 Å². The first-order valence-electron chi connectivity index (χ1n) is 28.5. The highest BCUT2D eigenvalue weighted by molar-refractivity contribution is 7.17. The first-order chi connectivity index (χ1) is 45.5. The number of aryl methyl sites for hydroxylation is 1. The molecule has 0 unspecified atom stereocenters. The highest BCUT2D eigenvalue weighted by atomic mass is 32.1. The third-order valence-electron chi connectivity index (χ3n) is 14.6. The van der Waals surface area contributed by atoms with Gasteiger partial charge in [-0.2, -0.15) is 28.8 Å². The largest absolute Gasteiger partial charge is 0.497 e. The number of primary amides is 1. The second-order valence-corrected chi connectivity index (χ2v) is 21.4. The lowest BCUT2D eigenvalue weighted by Crippen LogP contribution is -2.08. The summed E-state index contributed by atoms with van der Waals surface area (Å²) in [5.41, 5.74) is 14.1. The highest BCUT2D eigenvalue weighted by Gasteiger charge is 2.17. The van der Waals surface area contributed by atoms with Crippen molar-refractivity contribution in [3.63, 3.8) is 0 Å². The average molecular weight is 1260 g/mol. The molecule has 15 aromatic rings. The summed E-state index contributed by atoms with van der Waals surface area (Å²) in [6, 6.07) is 44.1. The number of carbonyl (C=O) groups is 1. The number of fused-ring (bicyclic) bond motifs is 6. The minimum absolute atomic E-state index is 0.143. The summed E-state index contributed by atoms with van der Waals surface area (Å²) >= 11 is 1.29. The summed E-state index contributed by atoms with van der Waals surface area (Å²) in [7, 11) is 6.52. The molecule has 0 radical (unpaired) electrons. The highest BCUT2D eigenvalue weighted by Crippen LogP contribution is 2.33. The number of pyridine rings is 4. The number of hydrogen-bond donors (Lipinski definition) is 1. The molecule has 0 bridgehead atoms. The fourth-order valence-corrected chi connectivity index (χ4v) is 10.7. The molecule has 0 atom stereocenters. The zero-order chi connectivity index (χ0) is 64.0. The van der Waals surface area contributed by atoms with Crippen LogP contribution in [0.2, 0.25) is 0 Å². The van der Waals surface area contributed by atoms with Gasteiger partial charge in [-0.15, -0.1) is 41.9 Å². The minimum Gasteiger partial charge on any atom is -0.497 e. The topological polar surface area (TPSA) is 288 Å². The Morgan fingerprint density at radius 1 is 0.462 bits per heavy atom. The van der Waals surface area contributed by atoms with Crippen molar-refractivity contribution in [2.24, 2.45) is 5.73 Å². The van der Waals surface area contributed by atoms with Gasteiger partial charge in [0.1, 0.15) is 71.6 Å². The van der Waals surface area contributed by atoms with E-state index in [-0.39, 0.29) is 19.8 Å². The third-order valence-corrected chi connectivity index (χ3v) is 15.7. The van der Waals surface area contributed by atoms with Gasteiger partial charge in [-0.25, -0.2) is 4.39 Å². The molecule has 0 saturated carbocycles. The van der Waals surface area contributed by atoms with Gasteiger partial charge in [-0.05, 0) is 140 Å². The molecule has 25 nitrogen and oxygen atoms in total. The van der Waals surface area contributed by atoms with E-state index in [0.717, 1.165) is 83.6 Å². The number of nitrogens with two attached hydrogens (primary N) is 1. The molecule has 93 heavy (non-hydrogen) atoms. The van der Waals surface area contributed by atoms with Crippen molar-refractivity contribution < 1.29 is 42.3 Å². The van der Waals surface area contributed by atoms with Gasteiger partial charge in [-0.1, -0.05) is 0 Å². The molecule has 0 saturated heterocycles. The first-order valence-corrected chi connectivity index (χ1v) is 29.3. The number of halogens is 1. The summed E-state index contributed by atoms with van der Waals surface area (Å²) in [4.78, 5) is 29.7. The van der Waals surface area contributed by atoms with Crippen LogP contribution < -0.4 is 38.9 Å². The molecule has 0 aliphatic carbocycles. The van der Waals surface area contributed by atoms with Crippen LogP contribution in [0.4, 0.5) is 4.39 Å². The van der Waals surface area contributed by atoms with Crippen molar-refractivity contribution in [2.75, 3.05) is 28.4 Å². The van der Waals surface area contributed by atoms with Gasteiger partial charge >= 0.3 is 0 Å². The van der Waals surface area contributed by atoms with Gasteiger partial charge < -0.3 is 38.9 Å². The van der Waals surface area contributed by atoms with Crippen molar-refractivity contribution in [1.29, 1.82) is 0 Å². The molecule has 0 aliphatic rings. The number of amides is 1. The van der Waals surface area contributed by atoms with Crippen LogP contribution in [-0.4, -0.2) is 114 Å². The second kappa shape index (κ2) is 26.4. The molecule has 4 aromatic carbocycles. The lowest BCUT2D eigenvalue weighted by atomic mass is 10.1. The minimum atomic E-state index is -0.460. The van der Waals surface area contributed by atoms with Crippen molar-refractivity contribution in [3.05, 3.63) is 210 Å². The smallest absolute Gasteiger partial charge is 0.258 e. The summed E-state index contributed by atoms with van der Waals surface area (Å²) in [5, 5.41) is 41.6. The third kappa shape index (κ3) is 12.8. The quantitative estimate of drug-likeness (QED) is 0.0886. The summed E-state index contributed by atoms with van der Waals surface area (Å²) in [5.74, 6) is 5.84. The fourth-order valence-electron chi connectivity index (χ4n) is 9.90. The molecular formula is C66H52FN17O8S. The van der Waals surface area contributed by atoms with Crippen LogP contribution >= 0.6 is 11.3 Å². The number of carbonyl (C=O) groups excluding carboxylic acids is 1. The Morgan fingerprint density at radius 2 is 0.914 bits per heavy atom. The predicted molar refractivity (Wildman–Crippen MR) is 342 cm³/mol. The van der Waals surface area contributed by atoms with Gasteiger partial charge in [-0.3, -0.25) is 24.7 Å². The molecule has 0 aliphatic heterocycles. The fraction of sp³-hybridized carbons (Fsp3) is 0.121. The van der Waals surface area contributed by atoms with Crippen LogP contribution in [0, 0.1) is 12.7 Å². The van der Waals surface area contributed by atoms with Crippen LogP contribution in [0.5, 0.6) is 40.2 Å². The number of rotatable bonds is 17. The maximum Gasteiger partial charge on any atom is 0.258 e. The van der Waals surface area contributed by atoms with E-state index in [9.17, 15) is 9.18 Å². The normalized spacial score (nSPS) is 11.1. The van der Waals surface area contributed by atoms with Crippen molar-refractivity contribution >= 4 is 66.9 Å². The van der Waals surface area contributed by atoms with Crippen molar-refractivity contribution in [2.45, 2.75) is 26.7 Å². The predicted octanol–water partition coefficient (Wildman–Crippen LogP) is 10.8. The number of benzene rings is 4. The van der Waals surface area contributed by atoms with Crippen LogP contribution in [0.3, 0.4) is 0 Å². The molecule has 15 rings (SSSR count). The number of nitrogens with zero attached hydrogens (tertiary/aromatic N) is 16. The number of aromatic nitrogens is 16. The van der Waals surface area contributed by atoms with Crippen LogP contribution in [-0.2, 0) is 19.8 Å². The maximum absolute atomic E-state index is 13.5. The number of methoxy groups -OCH3 is 4. The Labute approximate surface area is 530 Å². The molecule has 27 heteroatoms. The van der Waals surface area contributed by atoms with E-state index in [1.807, 2.05) is 116 Å². The van der Waals surface area contributed by atoms with Crippen LogP contribution in [0.1, 0.15) is 32.7 Å². The van der Waals surface area contributed by atoms with Gasteiger partial charge in [0.05, 0.1) is 72.3 Å². The standard InChI is InChI=1S/C24H21N5O3.C21H15FN6O2.C21H16N6O3S/c1-15-12-16(4-8-21(15)31-3)19-7-9-23-26-27-24(29(23)28-19)14-32-22-10-11-25-20-13-17(30-2)5-6-18(20)22;1-29-15-2-3-16-18(9-15)24-7-6-19(16)30-12-21-26-25-20-5-4-17(27-28(20)21)13-8-14(22)11-23-10-13;1-29-12-2-3-13-15(10-12)23-9-8-16(13)30-11-20-25-24-19-7-4-14(26-27(19)20)17-5-6-18(31-17)21(22)28/h4-13H,14H2,1-3H3;2-11H,12H2,1H3;2-10H,11H2,1H3,(H2,22,28). The lowest BCUT2D eigenvalue weighted by Gasteiger charge is -2.10. The SMILES string of the molecule is COc1ccc2c(OCc3nnc4ccc(-c5ccc(C(N)=O)s5)nn34)ccnc2c1.COc1ccc2c(OCc3nnc4ccc(-c5ccc(OC)c(C)c5)nn34)ccnc2c1.COc1ccc2c(OCc3nnc4ccc(-c5cncc(F)c5)nn34)ccnc2c1. The van der Waals surface area contributed by atoms with Crippen molar-refractivity contribution in [1.82, 2.24) is 79.4 Å². The molecule has 462 valence electrons. The molecule has 11 aromatic heterocycles. The number of ether oxygens (including phenoxy) is 7. The van der Waals surface area contributed by atoms with E-state index in [1.54, 1.807) is 97.1 Å². The van der Waals surface area contributed by atoms with Gasteiger partial charge in [0, 0.05) is 70.3 Å². The summed E-state index contributed by atoms with van der Waals surface area (Å²) in [6.45, 7) is 2.53. The van der Waals surface area contributed by atoms with E-state index >= 15 is 0 Å². The maximum atomic E-state index is 13.5. The number of thiophene rings is 1. The first kappa shape index (κ1) is 59.6. The molecule has 2 N–H and O–H groups in total. The summed E-state index contributed by atoms with van der Waals surface area (Å²) < 4.78 is 57.7. The Bertz CT molecular complexity index is 5260. The van der Waals surface area contributed by atoms with Crippen molar-refractivity contribution in [3.8, 4) is 73.3 Å². The molecular weight excluding hydrogens is 1210 g/mol. The Morgan fingerprint density at radius 3 is 1.33 bits per heavy atom. The lowest BCUT2D eigenvalue weighted by molar-refractivity contribution is 0.100. The van der Waals surface area contributed by atoms with Gasteiger partial charge in [0.2, 0.25) is 0 Å². The number of hydrogen-bond acceptors (Lipinski definition) is 22. The van der Waals surface area contributed by atoms with E-state index in [2.05, 4.69) is 60.7 Å². The molecule has 0 spiro atoms. The molecule has 11 heterocycles. The van der Waals surface area contributed by atoms with E-state index < -0.39 is 11.7 Å². The van der Waals surface area contributed by atoms with Gasteiger partial charge in [0.15, 0.2) is 34.4 Å².